The zero-order valence-corrected chi connectivity index (χ0v) is 12.7. The van der Waals surface area contributed by atoms with E-state index >= 15 is 0 Å². The summed E-state index contributed by atoms with van der Waals surface area (Å²) in [6, 6.07) is 23.8. The molecule has 2 aromatic rings. The molecule has 4 atom stereocenters. The maximum absolute atomic E-state index is 2.65. The molecule has 1 heteroatoms. The minimum absolute atomic E-state index is 0.636. The average molecular weight is 277 g/mol. The molecule has 0 amide bonds. The predicted molar refractivity (Wildman–Crippen MR) is 87.6 cm³/mol. The standard InChI is InChI=1S/C20H23N/c1-21-17-12-13-19(21)20(16-10-6-3-7-11-16)18(14-17)15-8-4-2-5-9-15/h2-11,17-20H,12-14H2,1H3/t17-,18?,19+,20?/m0/s1. The molecular weight excluding hydrogens is 254 g/mol. The van der Waals surface area contributed by atoms with Crippen molar-refractivity contribution in [3.63, 3.8) is 0 Å². The van der Waals surface area contributed by atoms with Crippen LogP contribution in [0.5, 0.6) is 0 Å². The van der Waals surface area contributed by atoms with E-state index in [0.29, 0.717) is 17.9 Å². The van der Waals surface area contributed by atoms with Crippen molar-refractivity contribution in [3.8, 4) is 0 Å². The Morgan fingerprint density at radius 1 is 0.810 bits per heavy atom. The first-order valence-electron chi connectivity index (χ1n) is 8.16. The molecule has 2 aromatic carbocycles. The first-order valence-corrected chi connectivity index (χ1v) is 8.16. The fourth-order valence-electron chi connectivity index (χ4n) is 4.64. The van der Waals surface area contributed by atoms with E-state index in [0.717, 1.165) is 6.04 Å². The third-order valence-corrected chi connectivity index (χ3v) is 5.68. The lowest BCUT2D eigenvalue weighted by Crippen LogP contribution is -2.44. The topological polar surface area (TPSA) is 3.24 Å². The van der Waals surface area contributed by atoms with Crippen LogP contribution in [-0.2, 0) is 0 Å². The highest BCUT2D eigenvalue weighted by atomic mass is 15.2. The molecule has 1 nitrogen and oxygen atoms in total. The quantitative estimate of drug-likeness (QED) is 0.785. The Bertz CT molecular complexity index is 592. The lowest BCUT2D eigenvalue weighted by Gasteiger charge is -2.43. The summed E-state index contributed by atoms with van der Waals surface area (Å²) in [5.41, 5.74) is 3.04. The number of rotatable bonds is 2. The Kier molecular flexibility index (Phi) is 3.31. The summed E-state index contributed by atoms with van der Waals surface area (Å²) < 4.78 is 0. The highest BCUT2D eigenvalue weighted by Crippen LogP contribution is 2.50. The van der Waals surface area contributed by atoms with Crippen LogP contribution < -0.4 is 0 Å². The van der Waals surface area contributed by atoms with Gasteiger partial charge in [0.15, 0.2) is 0 Å². The molecule has 108 valence electrons. The van der Waals surface area contributed by atoms with Crippen molar-refractivity contribution in [1.29, 1.82) is 0 Å². The van der Waals surface area contributed by atoms with E-state index in [9.17, 15) is 0 Å². The Morgan fingerprint density at radius 2 is 1.43 bits per heavy atom. The Labute approximate surface area is 127 Å². The van der Waals surface area contributed by atoms with E-state index in [-0.39, 0.29) is 0 Å². The SMILES string of the molecule is CN1[C@H]2CC[C@@H]1C(c1ccccc1)C(c1ccccc1)C2. The minimum Gasteiger partial charge on any atom is -0.300 e. The molecule has 21 heavy (non-hydrogen) atoms. The monoisotopic (exact) mass is 277 g/mol. The molecule has 2 aliphatic rings. The van der Waals surface area contributed by atoms with Gasteiger partial charge in [-0.1, -0.05) is 60.7 Å². The second kappa shape index (κ2) is 5.31. The predicted octanol–water partition coefficient (Wildman–Crippen LogP) is 4.42. The fourth-order valence-corrected chi connectivity index (χ4v) is 4.64. The van der Waals surface area contributed by atoms with Crippen LogP contribution in [0.25, 0.3) is 0 Å². The van der Waals surface area contributed by atoms with E-state index in [2.05, 4.69) is 72.6 Å². The van der Waals surface area contributed by atoms with Gasteiger partial charge < -0.3 is 0 Å². The minimum atomic E-state index is 0.636. The highest BCUT2D eigenvalue weighted by molar-refractivity contribution is 5.32. The van der Waals surface area contributed by atoms with E-state index in [4.69, 9.17) is 0 Å². The second-order valence-corrected chi connectivity index (χ2v) is 6.65. The van der Waals surface area contributed by atoms with Crippen molar-refractivity contribution in [1.82, 2.24) is 4.90 Å². The number of likely N-dealkylation sites (N-methyl/N-ethyl adjacent to an activating group) is 1. The van der Waals surface area contributed by atoms with Crippen LogP contribution in [0.3, 0.4) is 0 Å². The molecule has 2 aliphatic heterocycles. The summed E-state index contributed by atoms with van der Waals surface area (Å²) in [5, 5.41) is 0. The van der Waals surface area contributed by atoms with Gasteiger partial charge >= 0.3 is 0 Å². The van der Waals surface area contributed by atoms with Gasteiger partial charge in [0, 0.05) is 18.0 Å². The molecule has 0 spiro atoms. The summed E-state index contributed by atoms with van der Waals surface area (Å²) in [4.78, 5) is 2.65. The number of piperidine rings is 1. The Morgan fingerprint density at radius 3 is 2.10 bits per heavy atom. The van der Waals surface area contributed by atoms with Gasteiger partial charge in [-0.3, -0.25) is 4.90 Å². The molecule has 2 saturated heterocycles. The number of hydrogen-bond acceptors (Lipinski definition) is 1. The van der Waals surface area contributed by atoms with Crippen molar-refractivity contribution in [2.24, 2.45) is 0 Å². The number of fused-ring (bicyclic) bond motifs is 2. The molecule has 0 aromatic heterocycles. The van der Waals surface area contributed by atoms with E-state index in [1.807, 2.05) is 0 Å². The fraction of sp³-hybridized carbons (Fsp3) is 0.400. The van der Waals surface area contributed by atoms with Crippen LogP contribution in [-0.4, -0.2) is 24.0 Å². The highest BCUT2D eigenvalue weighted by Gasteiger charge is 2.46. The summed E-state index contributed by atoms with van der Waals surface area (Å²) in [5.74, 6) is 1.31. The second-order valence-electron chi connectivity index (χ2n) is 6.65. The Balaban J connectivity index is 1.77. The molecule has 2 bridgehead atoms. The first kappa shape index (κ1) is 13.1. The summed E-state index contributed by atoms with van der Waals surface area (Å²) in [6.45, 7) is 0. The van der Waals surface area contributed by atoms with Crippen molar-refractivity contribution >= 4 is 0 Å². The van der Waals surface area contributed by atoms with Gasteiger partial charge in [0.1, 0.15) is 0 Å². The lowest BCUT2D eigenvalue weighted by molar-refractivity contribution is 0.137. The summed E-state index contributed by atoms with van der Waals surface area (Å²) >= 11 is 0. The molecule has 2 heterocycles. The van der Waals surface area contributed by atoms with E-state index in [1.165, 1.54) is 30.4 Å². The summed E-state index contributed by atoms with van der Waals surface area (Å²) in [7, 11) is 2.33. The van der Waals surface area contributed by atoms with Crippen molar-refractivity contribution in [3.05, 3.63) is 71.8 Å². The third kappa shape index (κ3) is 2.20. The molecule has 0 saturated carbocycles. The molecule has 2 fully saturated rings. The van der Waals surface area contributed by atoms with Crippen LogP contribution in [0.2, 0.25) is 0 Å². The van der Waals surface area contributed by atoms with Gasteiger partial charge in [-0.25, -0.2) is 0 Å². The van der Waals surface area contributed by atoms with Crippen molar-refractivity contribution in [2.75, 3.05) is 7.05 Å². The van der Waals surface area contributed by atoms with Crippen LogP contribution in [0.4, 0.5) is 0 Å². The van der Waals surface area contributed by atoms with Crippen LogP contribution in [0, 0.1) is 0 Å². The molecule has 2 unspecified atom stereocenters. The van der Waals surface area contributed by atoms with Gasteiger partial charge in [0.2, 0.25) is 0 Å². The smallest absolute Gasteiger partial charge is 0.0170 e. The number of nitrogens with zero attached hydrogens (tertiary/aromatic N) is 1. The van der Waals surface area contributed by atoms with Gasteiger partial charge in [0.05, 0.1) is 0 Å². The van der Waals surface area contributed by atoms with Gasteiger partial charge in [-0.2, -0.15) is 0 Å². The number of hydrogen-bond donors (Lipinski definition) is 0. The number of benzene rings is 2. The lowest BCUT2D eigenvalue weighted by atomic mass is 9.73. The Hall–Kier alpha value is -1.60. The van der Waals surface area contributed by atoms with Crippen LogP contribution in [0.15, 0.2) is 60.7 Å². The first-order chi connectivity index (χ1) is 10.3. The van der Waals surface area contributed by atoms with Gasteiger partial charge in [-0.15, -0.1) is 0 Å². The van der Waals surface area contributed by atoms with Crippen LogP contribution >= 0.6 is 0 Å². The zero-order valence-electron chi connectivity index (χ0n) is 12.7. The molecule has 0 aliphatic carbocycles. The molecule has 4 rings (SSSR count). The molecule has 0 N–H and O–H groups in total. The normalized spacial score (nSPS) is 32.2. The largest absolute Gasteiger partial charge is 0.300 e. The molecule has 0 radical (unpaired) electrons. The summed E-state index contributed by atoms with van der Waals surface area (Å²) in [6.07, 6.45) is 4.02. The average Bonchev–Trinajstić information content (AvgIpc) is 2.79. The van der Waals surface area contributed by atoms with Crippen molar-refractivity contribution < 1.29 is 0 Å². The van der Waals surface area contributed by atoms with E-state index < -0.39 is 0 Å². The van der Waals surface area contributed by atoms with Gasteiger partial charge in [-0.05, 0) is 43.4 Å². The zero-order chi connectivity index (χ0) is 14.2. The maximum atomic E-state index is 2.65. The van der Waals surface area contributed by atoms with Crippen molar-refractivity contribution in [2.45, 2.75) is 43.2 Å². The maximum Gasteiger partial charge on any atom is 0.0170 e. The van der Waals surface area contributed by atoms with Crippen LogP contribution in [0.1, 0.15) is 42.2 Å². The molecular formula is C20H23N. The van der Waals surface area contributed by atoms with E-state index in [1.54, 1.807) is 0 Å². The van der Waals surface area contributed by atoms with Gasteiger partial charge in [0.25, 0.3) is 0 Å². The third-order valence-electron chi connectivity index (χ3n) is 5.68.